The van der Waals surface area contributed by atoms with Gasteiger partial charge in [-0.1, -0.05) is 12.1 Å². The molecule has 0 atom stereocenters. The topological polar surface area (TPSA) is 93.2 Å². The zero-order valence-corrected chi connectivity index (χ0v) is 15.2. The molecule has 1 amide bonds. The monoisotopic (exact) mass is 380 g/mol. The molecule has 0 radical (unpaired) electrons. The number of nitrogens with zero attached hydrogens (tertiary/aromatic N) is 2. The summed E-state index contributed by atoms with van der Waals surface area (Å²) in [7, 11) is -3.66. The standard InChI is InChI=1S/C17H20N2O6S/c1-13(20)14-2-4-15(5-3-14)26(22,23)19-8-6-18(7-9-19)17(21)16-12-24-10-11-25-16/h2-5,12H,6-11H2,1H3. The Morgan fingerprint density at radius 3 is 2.19 bits per heavy atom. The molecule has 3 rings (SSSR count). The minimum atomic E-state index is -3.66. The predicted octanol–water partition coefficient (Wildman–Crippen LogP) is 0.610. The van der Waals surface area contributed by atoms with E-state index >= 15 is 0 Å². The van der Waals surface area contributed by atoms with Gasteiger partial charge in [0, 0.05) is 31.7 Å². The summed E-state index contributed by atoms with van der Waals surface area (Å²) in [5.41, 5.74) is 0.461. The van der Waals surface area contributed by atoms with Crippen molar-refractivity contribution >= 4 is 21.7 Å². The molecule has 0 N–H and O–H groups in total. The number of carbonyl (C=O) groups is 2. The van der Waals surface area contributed by atoms with E-state index in [0.29, 0.717) is 18.8 Å². The highest BCUT2D eigenvalue weighted by atomic mass is 32.2. The van der Waals surface area contributed by atoms with Gasteiger partial charge in [-0.2, -0.15) is 4.31 Å². The Hall–Kier alpha value is -2.39. The van der Waals surface area contributed by atoms with E-state index in [1.807, 2.05) is 0 Å². The number of hydrogen-bond donors (Lipinski definition) is 0. The van der Waals surface area contributed by atoms with Gasteiger partial charge in [0.25, 0.3) is 5.91 Å². The summed E-state index contributed by atoms with van der Waals surface area (Å²) in [5.74, 6) is -0.274. The molecule has 1 saturated heterocycles. The number of piperazine rings is 1. The molecule has 8 nitrogen and oxygen atoms in total. The van der Waals surface area contributed by atoms with Gasteiger partial charge >= 0.3 is 0 Å². The zero-order valence-electron chi connectivity index (χ0n) is 14.4. The van der Waals surface area contributed by atoms with Crippen LogP contribution in [0.15, 0.2) is 41.2 Å². The zero-order chi connectivity index (χ0) is 18.7. The number of carbonyl (C=O) groups excluding carboxylic acids is 2. The first kappa shape index (κ1) is 18.4. The van der Waals surface area contributed by atoms with Crippen molar-refractivity contribution in [2.24, 2.45) is 0 Å². The minimum Gasteiger partial charge on any atom is -0.494 e. The van der Waals surface area contributed by atoms with Crippen LogP contribution in [-0.2, 0) is 24.3 Å². The summed E-state index contributed by atoms with van der Waals surface area (Å²) in [6.07, 6.45) is 1.30. The average molecular weight is 380 g/mol. The summed E-state index contributed by atoms with van der Waals surface area (Å²) in [6.45, 7) is 3.07. The molecule has 1 fully saturated rings. The quantitative estimate of drug-likeness (QED) is 0.711. The number of benzene rings is 1. The molecule has 1 aromatic rings. The first-order valence-corrected chi connectivity index (χ1v) is 9.68. The van der Waals surface area contributed by atoms with Gasteiger partial charge in [0.2, 0.25) is 15.8 Å². The number of amides is 1. The van der Waals surface area contributed by atoms with Crippen LogP contribution in [0.4, 0.5) is 0 Å². The van der Waals surface area contributed by atoms with Gasteiger partial charge in [-0.05, 0) is 19.1 Å². The number of ether oxygens (including phenoxy) is 2. The van der Waals surface area contributed by atoms with Gasteiger partial charge in [-0.3, -0.25) is 9.59 Å². The number of hydrogen-bond acceptors (Lipinski definition) is 6. The third kappa shape index (κ3) is 3.73. The predicted molar refractivity (Wildman–Crippen MR) is 91.8 cm³/mol. The lowest BCUT2D eigenvalue weighted by Crippen LogP contribution is -2.51. The molecule has 140 valence electrons. The second kappa shape index (κ2) is 7.46. The molecule has 2 heterocycles. The van der Waals surface area contributed by atoms with Crippen molar-refractivity contribution in [3.63, 3.8) is 0 Å². The summed E-state index contributed by atoms with van der Waals surface area (Å²) < 4.78 is 37.2. The summed E-state index contributed by atoms with van der Waals surface area (Å²) >= 11 is 0. The molecular formula is C17H20N2O6S. The van der Waals surface area contributed by atoms with Crippen LogP contribution in [0.2, 0.25) is 0 Å². The highest BCUT2D eigenvalue weighted by Crippen LogP contribution is 2.19. The molecule has 1 aromatic carbocycles. The Morgan fingerprint density at radius 2 is 1.65 bits per heavy atom. The molecule has 0 aliphatic carbocycles. The van der Waals surface area contributed by atoms with Crippen molar-refractivity contribution in [2.75, 3.05) is 39.4 Å². The van der Waals surface area contributed by atoms with E-state index in [-0.39, 0.29) is 48.5 Å². The molecule has 9 heteroatoms. The number of Topliss-reactive ketones (excluding diaryl/α,β-unsaturated/α-hetero) is 1. The molecule has 0 spiro atoms. The lowest BCUT2D eigenvalue weighted by molar-refractivity contribution is -0.133. The van der Waals surface area contributed by atoms with Crippen molar-refractivity contribution in [2.45, 2.75) is 11.8 Å². The fourth-order valence-corrected chi connectivity index (χ4v) is 4.20. The van der Waals surface area contributed by atoms with E-state index in [0.717, 1.165) is 0 Å². The van der Waals surface area contributed by atoms with Crippen LogP contribution in [0.1, 0.15) is 17.3 Å². The largest absolute Gasteiger partial charge is 0.494 e. The van der Waals surface area contributed by atoms with Crippen molar-refractivity contribution < 1.29 is 27.5 Å². The second-order valence-electron chi connectivity index (χ2n) is 5.98. The van der Waals surface area contributed by atoms with E-state index < -0.39 is 10.0 Å². The molecule has 0 aromatic heterocycles. The first-order chi connectivity index (χ1) is 12.4. The number of ketones is 1. The molecule has 2 aliphatic heterocycles. The van der Waals surface area contributed by atoms with E-state index in [9.17, 15) is 18.0 Å². The second-order valence-corrected chi connectivity index (χ2v) is 7.92. The van der Waals surface area contributed by atoms with Gasteiger partial charge in [-0.25, -0.2) is 8.42 Å². The van der Waals surface area contributed by atoms with Crippen LogP contribution < -0.4 is 0 Å². The maximum absolute atomic E-state index is 12.7. The van der Waals surface area contributed by atoms with Crippen LogP contribution in [0.3, 0.4) is 0 Å². The van der Waals surface area contributed by atoms with E-state index in [4.69, 9.17) is 9.47 Å². The smallest absolute Gasteiger partial charge is 0.292 e. The van der Waals surface area contributed by atoms with Gasteiger partial charge in [0.05, 0.1) is 4.90 Å². The third-order valence-corrected chi connectivity index (χ3v) is 6.20. The maximum atomic E-state index is 12.7. The fraction of sp³-hybridized carbons (Fsp3) is 0.412. The van der Waals surface area contributed by atoms with Crippen molar-refractivity contribution in [3.05, 3.63) is 41.9 Å². The van der Waals surface area contributed by atoms with Crippen LogP contribution in [-0.4, -0.2) is 68.7 Å². The van der Waals surface area contributed by atoms with Crippen molar-refractivity contribution in [3.8, 4) is 0 Å². The van der Waals surface area contributed by atoms with E-state index in [1.54, 1.807) is 4.90 Å². The van der Waals surface area contributed by atoms with Crippen LogP contribution >= 0.6 is 0 Å². The highest BCUT2D eigenvalue weighted by Gasteiger charge is 2.32. The SMILES string of the molecule is CC(=O)c1ccc(S(=O)(=O)N2CCN(C(=O)C3=COCCO3)CC2)cc1. The van der Waals surface area contributed by atoms with Crippen LogP contribution in [0.5, 0.6) is 0 Å². The minimum absolute atomic E-state index is 0.121. The fourth-order valence-electron chi connectivity index (χ4n) is 2.78. The molecule has 0 saturated carbocycles. The van der Waals surface area contributed by atoms with Gasteiger partial charge in [0.15, 0.2) is 5.78 Å². The molecule has 26 heavy (non-hydrogen) atoms. The average Bonchev–Trinajstić information content (AvgIpc) is 2.68. The Balaban J connectivity index is 1.65. The Bertz CT molecular complexity index is 823. The Kier molecular flexibility index (Phi) is 5.28. The molecular weight excluding hydrogens is 360 g/mol. The summed E-state index contributed by atoms with van der Waals surface area (Å²) in [6, 6.07) is 5.87. The Labute approximate surface area is 152 Å². The van der Waals surface area contributed by atoms with Gasteiger partial charge in [0.1, 0.15) is 19.5 Å². The molecule has 0 bridgehead atoms. The van der Waals surface area contributed by atoms with E-state index in [2.05, 4.69) is 0 Å². The number of sulfonamides is 1. The van der Waals surface area contributed by atoms with Crippen LogP contribution in [0.25, 0.3) is 0 Å². The van der Waals surface area contributed by atoms with E-state index in [1.165, 1.54) is 41.8 Å². The highest BCUT2D eigenvalue weighted by molar-refractivity contribution is 7.89. The Morgan fingerprint density at radius 1 is 1.00 bits per heavy atom. The van der Waals surface area contributed by atoms with Gasteiger partial charge in [-0.15, -0.1) is 0 Å². The first-order valence-electron chi connectivity index (χ1n) is 8.24. The van der Waals surface area contributed by atoms with Gasteiger partial charge < -0.3 is 14.4 Å². The van der Waals surface area contributed by atoms with Crippen molar-refractivity contribution in [1.82, 2.24) is 9.21 Å². The van der Waals surface area contributed by atoms with Crippen LogP contribution in [0, 0.1) is 0 Å². The molecule has 2 aliphatic rings. The lowest BCUT2D eigenvalue weighted by atomic mass is 10.2. The molecule has 0 unspecified atom stereocenters. The lowest BCUT2D eigenvalue weighted by Gasteiger charge is -2.34. The summed E-state index contributed by atoms with van der Waals surface area (Å²) in [5, 5.41) is 0. The number of rotatable bonds is 4. The van der Waals surface area contributed by atoms with Crippen molar-refractivity contribution in [1.29, 1.82) is 0 Å². The summed E-state index contributed by atoms with van der Waals surface area (Å²) in [4.78, 5) is 25.3. The third-order valence-electron chi connectivity index (χ3n) is 4.28. The maximum Gasteiger partial charge on any atom is 0.292 e. The normalized spacial score (nSPS) is 18.5.